The fraction of sp³-hybridized carbons (Fsp3) is 0.600. The fourth-order valence-electron chi connectivity index (χ4n) is 2.83. The van der Waals surface area contributed by atoms with Crippen molar-refractivity contribution < 1.29 is 9.66 Å². The van der Waals surface area contributed by atoms with Crippen LogP contribution in [0.25, 0.3) is 0 Å². The van der Waals surface area contributed by atoms with Crippen LogP contribution in [0.2, 0.25) is 0 Å². The Morgan fingerprint density at radius 3 is 2.81 bits per heavy atom. The Kier molecular flexibility index (Phi) is 5.87. The number of rotatable bonds is 6. The topological polar surface area (TPSA) is 64.4 Å². The lowest BCUT2D eigenvalue weighted by molar-refractivity contribution is -0.385. The van der Waals surface area contributed by atoms with Crippen molar-refractivity contribution in [1.82, 2.24) is 5.32 Å². The smallest absolute Gasteiger partial charge is 0.273 e. The quantitative estimate of drug-likeness (QED) is 0.644. The van der Waals surface area contributed by atoms with E-state index in [4.69, 9.17) is 4.74 Å². The lowest BCUT2D eigenvalue weighted by Gasteiger charge is -2.31. The van der Waals surface area contributed by atoms with E-state index in [1.165, 1.54) is 38.9 Å². The van der Waals surface area contributed by atoms with E-state index in [0.717, 1.165) is 5.56 Å². The number of nitro benzene ring substituents is 1. The normalized spacial score (nSPS) is 22.0. The van der Waals surface area contributed by atoms with Gasteiger partial charge in [-0.15, -0.1) is 0 Å². The first-order chi connectivity index (χ1) is 10.1. The molecule has 1 saturated carbocycles. The summed E-state index contributed by atoms with van der Waals surface area (Å²) in [5.41, 5.74) is 0.975. The van der Waals surface area contributed by atoms with Crippen LogP contribution in [0.3, 0.4) is 0 Å². The minimum Gasteiger partial charge on any atom is -0.496 e. The Morgan fingerprint density at radius 2 is 2.14 bits per heavy atom. The zero-order valence-electron chi connectivity index (χ0n) is 12.5. The number of hydrogen-bond donors (Lipinski definition) is 1. The zero-order valence-corrected chi connectivity index (χ0v) is 13.3. The molecule has 0 saturated heterocycles. The second-order valence-electron chi connectivity index (χ2n) is 5.34. The third-order valence-electron chi connectivity index (χ3n) is 3.97. The Morgan fingerprint density at radius 1 is 1.38 bits per heavy atom. The van der Waals surface area contributed by atoms with Gasteiger partial charge >= 0.3 is 0 Å². The van der Waals surface area contributed by atoms with Gasteiger partial charge in [0.05, 0.1) is 18.1 Å². The van der Waals surface area contributed by atoms with Gasteiger partial charge in [-0.2, -0.15) is 11.8 Å². The first-order valence-electron chi connectivity index (χ1n) is 7.22. The average Bonchev–Trinajstić information content (AvgIpc) is 2.52. The molecule has 5 nitrogen and oxygen atoms in total. The van der Waals surface area contributed by atoms with Crippen LogP contribution in [-0.2, 0) is 6.54 Å². The van der Waals surface area contributed by atoms with E-state index in [1.54, 1.807) is 6.07 Å². The monoisotopic (exact) mass is 310 g/mol. The summed E-state index contributed by atoms with van der Waals surface area (Å²) in [7, 11) is 1.53. The average molecular weight is 310 g/mol. The molecular weight excluding hydrogens is 288 g/mol. The van der Waals surface area contributed by atoms with Gasteiger partial charge in [0.15, 0.2) is 0 Å². The molecule has 6 heteroatoms. The van der Waals surface area contributed by atoms with Gasteiger partial charge in [-0.1, -0.05) is 12.8 Å². The summed E-state index contributed by atoms with van der Waals surface area (Å²) in [6.45, 7) is 0.639. The van der Waals surface area contributed by atoms with Crippen LogP contribution in [0.15, 0.2) is 18.2 Å². The second kappa shape index (κ2) is 7.66. The molecule has 1 N–H and O–H groups in total. The van der Waals surface area contributed by atoms with Gasteiger partial charge in [-0.25, -0.2) is 0 Å². The van der Waals surface area contributed by atoms with Gasteiger partial charge in [-0.05, 0) is 30.7 Å². The standard InChI is InChI=1S/C15H22N2O3S/c1-20-13-8-11(7-12(9-13)17(18)19)10-16-14-5-3-4-6-15(14)21-2/h7-9,14-16H,3-6,10H2,1-2H3. The lowest BCUT2D eigenvalue weighted by Crippen LogP contribution is -2.39. The molecular formula is C15H22N2O3S. The molecule has 0 aromatic heterocycles. The highest BCUT2D eigenvalue weighted by molar-refractivity contribution is 7.99. The third kappa shape index (κ3) is 4.35. The number of benzene rings is 1. The summed E-state index contributed by atoms with van der Waals surface area (Å²) >= 11 is 1.91. The fourth-order valence-corrected chi connectivity index (χ4v) is 3.79. The maximum Gasteiger partial charge on any atom is 0.273 e. The van der Waals surface area contributed by atoms with Crippen LogP contribution in [0.1, 0.15) is 31.2 Å². The van der Waals surface area contributed by atoms with Gasteiger partial charge in [0.1, 0.15) is 5.75 Å². The summed E-state index contributed by atoms with van der Waals surface area (Å²) in [6, 6.07) is 5.41. The van der Waals surface area contributed by atoms with Crippen LogP contribution in [0, 0.1) is 10.1 Å². The van der Waals surface area contributed by atoms with Gasteiger partial charge in [-0.3, -0.25) is 10.1 Å². The number of thioether (sulfide) groups is 1. The molecule has 0 bridgehead atoms. The number of nitro groups is 1. The van der Waals surface area contributed by atoms with Crippen molar-refractivity contribution in [1.29, 1.82) is 0 Å². The molecule has 1 aliphatic rings. The molecule has 1 aliphatic carbocycles. The second-order valence-corrected chi connectivity index (χ2v) is 6.42. The summed E-state index contributed by atoms with van der Waals surface area (Å²) in [5, 5.41) is 15.1. The van der Waals surface area contributed by atoms with Crippen molar-refractivity contribution >= 4 is 17.4 Å². The number of nitrogens with one attached hydrogen (secondary N) is 1. The van der Waals surface area contributed by atoms with Gasteiger partial charge < -0.3 is 10.1 Å². The highest BCUT2D eigenvalue weighted by atomic mass is 32.2. The van der Waals surface area contributed by atoms with E-state index >= 15 is 0 Å². The lowest BCUT2D eigenvalue weighted by atomic mass is 9.94. The van der Waals surface area contributed by atoms with Crippen molar-refractivity contribution in [2.75, 3.05) is 13.4 Å². The van der Waals surface area contributed by atoms with Crippen molar-refractivity contribution in [3.8, 4) is 5.75 Å². The Hall–Kier alpha value is -1.27. The van der Waals surface area contributed by atoms with Crippen LogP contribution in [0.5, 0.6) is 5.75 Å². The minimum absolute atomic E-state index is 0.0798. The van der Waals surface area contributed by atoms with E-state index in [-0.39, 0.29) is 10.6 Å². The highest BCUT2D eigenvalue weighted by Gasteiger charge is 2.23. The number of methoxy groups -OCH3 is 1. The molecule has 1 aromatic carbocycles. The molecule has 0 amide bonds. The molecule has 21 heavy (non-hydrogen) atoms. The zero-order chi connectivity index (χ0) is 15.2. The van der Waals surface area contributed by atoms with Crippen LogP contribution in [-0.4, -0.2) is 29.6 Å². The molecule has 0 heterocycles. The molecule has 116 valence electrons. The number of ether oxygens (including phenoxy) is 1. The Labute approximate surface area is 129 Å². The predicted molar refractivity (Wildman–Crippen MR) is 86.0 cm³/mol. The maximum absolute atomic E-state index is 11.0. The summed E-state index contributed by atoms with van der Waals surface area (Å²) < 4.78 is 5.14. The van der Waals surface area contributed by atoms with E-state index in [1.807, 2.05) is 17.8 Å². The highest BCUT2D eigenvalue weighted by Crippen LogP contribution is 2.28. The Balaban J connectivity index is 2.04. The minimum atomic E-state index is -0.378. The number of nitrogens with zero attached hydrogens (tertiary/aromatic N) is 1. The molecule has 0 radical (unpaired) electrons. The predicted octanol–water partition coefficient (Wildman–Crippen LogP) is 3.37. The number of hydrogen-bond acceptors (Lipinski definition) is 5. The van der Waals surface area contributed by atoms with Gasteiger partial charge in [0.2, 0.25) is 0 Å². The van der Waals surface area contributed by atoms with Crippen molar-refractivity contribution in [2.24, 2.45) is 0 Å². The summed E-state index contributed by atoms with van der Waals surface area (Å²) in [5.74, 6) is 0.533. The van der Waals surface area contributed by atoms with Crippen LogP contribution < -0.4 is 10.1 Å². The van der Waals surface area contributed by atoms with Crippen LogP contribution in [0.4, 0.5) is 5.69 Å². The molecule has 2 rings (SSSR count). The molecule has 2 atom stereocenters. The van der Waals surface area contributed by atoms with Crippen molar-refractivity contribution in [3.63, 3.8) is 0 Å². The largest absolute Gasteiger partial charge is 0.496 e. The first kappa shape index (κ1) is 16.1. The van der Waals surface area contributed by atoms with E-state index in [0.29, 0.717) is 23.6 Å². The Bertz CT molecular complexity index is 496. The van der Waals surface area contributed by atoms with E-state index in [2.05, 4.69) is 11.6 Å². The summed E-state index contributed by atoms with van der Waals surface area (Å²) in [6.07, 6.45) is 7.14. The molecule has 1 aromatic rings. The van der Waals surface area contributed by atoms with Gasteiger partial charge in [0.25, 0.3) is 5.69 Å². The first-order valence-corrected chi connectivity index (χ1v) is 8.51. The number of non-ortho nitro benzene ring substituents is 1. The van der Waals surface area contributed by atoms with E-state index < -0.39 is 0 Å². The molecule has 0 aliphatic heterocycles. The molecule has 0 spiro atoms. The molecule has 1 fully saturated rings. The van der Waals surface area contributed by atoms with Crippen molar-refractivity contribution in [3.05, 3.63) is 33.9 Å². The summed E-state index contributed by atoms with van der Waals surface area (Å²) in [4.78, 5) is 10.6. The SMILES string of the molecule is COc1cc(CNC2CCCCC2SC)cc([N+](=O)[O-])c1. The van der Waals surface area contributed by atoms with E-state index in [9.17, 15) is 10.1 Å². The third-order valence-corrected chi connectivity index (χ3v) is 5.14. The van der Waals surface area contributed by atoms with Crippen molar-refractivity contribution in [2.45, 2.75) is 43.5 Å². The van der Waals surface area contributed by atoms with Crippen LogP contribution >= 0.6 is 11.8 Å². The maximum atomic E-state index is 11.0. The molecule has 2 unspecified atom stereocenters. The van der Waals surface area contributed by atoms with Gasteiger partial charge in [0, 0.05) is 23.9 Å².